The minimum absolute atomic E-state index is 0.0159. The molecule has 0 bridgehead atoms. The van der Waals surface area contributed by atoms with Crippen LogP contribution in [0.1, 0.15) is 55.3 Å². The molecule has 1 aliphatic rings. The third kappa shape index (κ3) is 3.90. The number of esters is 1. The standard InChI is InChI=1S/C14H19ClN2O3/c1-9(2)13-16-7-11(15)12(17-13)14(18)20-8-10-5-3-4-6-19-10/h7,9-10H,3-6,8H2,1-2H3. The Bertz CT molecular complexity index is 473. The molecule has 1 atom stereocenters. The fourth-order valence-electron chi connectivity index (χ4n) is 1.98. The molecule has 0 radical (unpaired) electrons. The van der Waals surface area contributed by atoms with Gasteiger partial charge in [0.1, 0.15) is 12.4 Å². The zero-order chi connectivity index (χ0) is 14.5. The van der Waals surface area contributed by atoms with Gasteiger partial charge in [0.2, 0.25) is 0 Å². The molecule has 1 aliphatic heterocycles. The highest BCUT2D eigenvalue weighted by Crippen LogP contribution is 2.18. The van der Waals surface area contributed by atoms with E-state index < -0.39 is 5.97 Å². The van der Waals surface area contributed by atoms with Gasteiger partial charge in [0, 0.05) is 12.5 Å². The van der Waals surface area contributed by atoms with Gasteiger partial charge in [0.15, 0.2) is 5.69 Å². The van der Waals surface area contributed by atoms with Crippen LogP contribution < -0.4 is 0 Å². The Balaban J connectivity index is 1.99. The fourth-order valence-corrected chi connectivity index (χ4v) is 2.15. The van der Waals surface area contributed by atoms with Gasteiger partial charge in [0.25, 0.3) is 0 Å². The SMILES string of the molecule is CC(C)c1ncc(Cl)c(C(=O)OCC2CCCCO2)n1. The van der Waals surface area contributed by atoms with Gasteiger partial charge < -0.3 is 9.47 Å². The quantitative estimate of drug-likeness (QED) is 0.800. The molecule has 5 nitrogen and oxygen atoms in total. The lowest BCUT2D eigenvalue weighted by Crippen LogP contribution is -2.26. The molecular weight excluding hydrogens is 280 g/mol. The van der Waals surface area contributed by atoms with Gasteiger partial charge >= 0.3 is 5.97 Å². The van der Waals surface area contributed by atoms with Crippen LogP contribution in [0, 0.1) is 0 Å². The van der Waals surface area contributed by atoms with Crippen LogP contribution in [0.4, 0.5) is 0 Å². The van der Waals surface area contributed by atoms with E-state index in [1.54, 1.807) is 0 Å². The third-order valence-corrected chi connectivity index (χ3v) is 3.42. The highest BCUT2D eigenvalue weighted by molar-refractivity contribution is 6.33. The summed E-state index contributed by atoms with van der Waals surface area (Å²) in [5.41, 5.74) is 0.126. The van der Waals surface area contributed by atoms with Gasteiger partial charge in [-0.1, -0.05) is 25.4 Å². The Morgan fingerprint density at radius 2 is 2.35 bits per heavy atom. The summed E-state index contributed by atoms with van der Waals surface area (Å²) in [6.45, 7) is 4.88. The lowest BCUT2D eigenvalue weighted by molar-refractivity contribution is -0.0302. The topological polar surface area (TPSA) is 61.3 Å². The second-order valence-corrected chi connectivity index (χ2v) is 5.57. The van der Waals surface area contributed by atoms with Crippen molar-refractivity contribution in [3.8, 4) is 0 Å². The van der Waals surface area contributed by atoms with Gasteiger partial charge in [-0.25, -0.2) is 14.8 Å². The molecule has 1 aromatic rings. The van der Waals surface area contributed by atoms with Crippen LogP contribution in [0.15, 0.2) is 6.20 Å². The average molecular weight is 299 g/mol. The van der Waals surface area contributed by atoms with E-state index in [0.29, 0.717) is 5.82 Å². The summed E-state index contributed by atoms with van der Waals surface area (Å²) in [4.78, 5) is 20.3. The van der Waals surface area contributed by atoms with Crippen molar-refractivity contribution in [3.63, 3.8) is 0 Å². The van der Waals surface area contributed by atoms with Crippen LogP contribution in [0.2, 0.25) is 5.02 Å². The zero-order valence-corrected chi connectivity index (χ0v) is 12.5. The Labute approximate surface area is 123 Å². The van der Waals surface area contributed by atoms with Gasteiger partial charge in [-0.05, 0) is 19.3 Å². The maximum atomic E-state index is 12.0. The second kappa shape index (κ2) is 6.99. The lowest BCUT2D eigenvalue weighted by Gasteiger charge is -2.22. The molecule has 0 N–H and O–H groups in total. The number of carbonyl (C=O) groups is 1. The summed E-state index contributed by atoms with van der Waals surface area (Å²) >= 11 is 5.96. The fraction of sp³-hybridized carbons (Fsp3) is 0.643. The first-order valence-corrected chi connectivity index (χ1v) is 7.27. The van der Waals surface area contributed by atoms with E-state index in [9.17, 15) is 4.79 Å². The first-order chi connectivity index (χ1) is 9.58. The minimum atomic E-state index is -0.520. The highest BCUT2D eigenvalue weighted by atomic mass is 35.5. The van der Waals surface area contributed by atoms with Crippen LogP contribution >= 0.6 is 11.6 Å². The van der Waals surface area contributed by atoms with E-state index in [4.69, 9.17) is 21.1 Å². The first kappa shape index (κ1) is 15.2. The molecule has 1 unspecified atom stereocenters. The van der Waals surface area contributed by atoms with Crippen molar-refractivity contribution < 1.29 is 14.3 Å². The largest absolute Gasteiger partial charge is 0.458 e. The van der Waals surface area contributed by atoms with Crippen LogP contribution in [-0.4, -0.2) is 35.3 Å². The van der Waals surface area contributed by atoms with Gasteiger partial charge in [-0.3, -0.25) is 0 Å². The van der Waals surface area contributed by atoms with Gasteiger partial charge in [0.05, 0.1) is 17.3 Å². The molecule has 1 saturated heterocycles. The molecule has 110 valence electrons. The summed E-state index contributed by atoms with van der Waals surface area (Å²) in [7, 11) is 0. The van der Waals surface area contributed by atoms with Crippen LogP contribution in [-0.2, 0) is 9.47 Å². The summed E-state index contributed by atoms with van der Waals surface area (Å²) in [6.07, 6.45) is 4.52. The summed E-state index contributed by atoms with van der Waals surface area (Å²) in [5, 5.41) is 0.212. The molecule has 0 aliphatic carbocycles. The summed E-state index contributed by atoms with van der Waals surface area (Å²) < 4.78 is 10.8. The van der Waals surface area contributed by atoms with E-state index >= 15 is 0 Å². The summed E-state index contributed by atoms with van der Waals surface area (Å²) in [6, 6.07) is 0. The Morgan fingerprint density at radius 1 is 1.55 bits per heavy atom. The first-order valence-electron chi connectivity index (χ1n) is 6.89. The predicted octanol–water partition coefficient (Wildman–Crippen LogP) is 2.98. The number of hydrogen-bond acceptors (Lipinski definition) is 5. The van der Waals surface area contributed by atoms with E-state index in [2.05, 4.69) is 9.97 Å². The van der Waals surface area contributed by atoms with Crippen molar-refractivity contribution in [2.45, 2.75) is 45.1 Å². The minimum Gasteiger partial charge on any atom is -0.458 e. The van der Waals surface area contributed by atoms with Crippen molar-refractivity contribution in [1.29, 1.82) is 0 Å². The van der Waals surface area contributed by atoms with Crippen LogP contribution in [0.25, 0.3) is 0 Å². The molecule has 6 heteroatoms. The molecule has 0 saturated carbocycles. The van der Waals surface area contributed by atoms with Gasteiger partial charge in [-0.15, -0.1) is 0 Å². The third-order valence-electron chi connectivity index (χ3n) is 3.15. The maximum Gasteiger partial charge on any atom is 0.358 e. The zero-order valence-electron chi connectivity index (χ0n) is 11.8. The average Bonchev–Trinajstić information content (AvgIpc) is 2.46. The number of ether oxygens (including phenoxy) is 2. The number of aromatic nitrogens is 2. The second-order valence-electron chi connectivity index (χ2n) is 5.17. The van der Waals surface area contributed by atoms with E-state index in [1.165, 1.54) is 6.20 Å². The molecule has 2 heterocycles. The monoisotopic (exact) mass is 298 g/mol. The normalized spacial score (nSPS) is 19.1. The van der Waals surface area contributed by atoms with Gasteiger partial charge in [-0.2, -0.15) is 0 Å². The molecule has 20 heavy (non-hydrogen) atoms. The van der Waals surface area contributed by atoms with Crippen molar-refractivity contribution in [3.05, 3.63) is 22.7 Å². The van der Waals surface area contributed by atoms with Crippen molar-refractivity contribution >= 4 is 17.6 Å². The molecule has 1 fully saturated rings. The molecule has 1 aromatic heterocycles. The van der Waals surface area contributed by atoms with Crippen LogP contribution in [0.5, 0.6) is 0 Å². The van der Waals surface area contributed by atoms with E-state index in [1.807, 2.05) is 13.8 Å². The maximum absolute atomic E-state index is 12.0. The van der Waals surface area contributed by atoms with E-state index in [-0.39, 0.29) is 29.3 Å². The Kier molecular flexibility index (Phi) is 5.31. The number of rotatable bonds is 4. The van der Waals surface area contributed by atoms with Crippen molar-refractivity contribution in [2.75, 3.05) is 13.2 Å². The molecule has 0 amide bonds. The van der Waals surface area contributed by atoms with Crippen molar-refractivity contribution in [2.24, 2.45) is 0 Å². The number of halogens is 1. The molecular formula is C14H19ClN2O3. The smallest absolute Gasteiger partial charge is 0.358 e. The Morgan fingerprint density at radius 3 is 3.00 bits per heavy atom. The predicted molar refractivity (Wildman–Crippen MR) is 75.0 cm³/mol. The van der Waals surface area contributed by atoms with Crippen LogP contribution in [0.3, 0.4) is 0 Å². The number of nitrogens with zero attached hydrogens (tertiary/aromatic N) is 2. The molecule has 2 rings (SSSR count). The van der Waals surface area contributed by atoms with Crippen molar-refractivity contribution in [1.82, 2.24) is 9.97 Å². The lowest BCUT2D eigenvalue weighted by atomic mass is 10.1. The molecule has 0 aromatic carbocycles. The number of carbonyl (C=O) groups excluding carboxylic acids is 1. The Hall–Kier alpha value is -1.20. The van der Waals surface area contributed by atoms with E-state index in [0.717, 1.165) is 25.9 Å². The highest BCUT2D eigenvalue weighted by Gasteiger charge is 2.20. The number of hydrogen-bond donors (Lipinski definition) is 0. The molecule has 0 spiro atoms. The summed E-state index contributed by atoms with van der Waals surface area (Å²) in [5.74, 6) is 0.184.